The molecule has 0 heterocycles. The Morgan fingerprint density at radius 1 is 1.40 bits per heavy atom. The molecule has 0 unspecified atom stereocenters. The SMILES string of the molecule is CN(CC1CCC1)C(=O)Nc1cccc(C(=O)O)c1O. The molecule has 2 rings (SSSR count). The van der Waals surface area contributed by atoms with Crippen molar-refractivity contribution in [2.45, 2.75) is 19.3 Å². The number of urea groups is 1. The third-order valence-corrected chi connectivity index (χ3v) is 3.61. The summed E-state index contributed by atoms with van der Waals surface area (Å²) in [7, 11) is 1.69. The Morgan fingerprint density at radius 2 is 2.10 bits per heavy atom. The van der Waals surface area contributed by atoms with E-state index in [9.17, 15) is 14.7 Å². The van der Waals surface area contributed by atoms with Gasteiger partial charge in [0.1, 0.15) is 5.56 Å². The predicted molar refractivity (Wildman–Crippen MR) is 74.1 cm³/mol. The second-order valence-electron chi connectivity index (χ2n) is 5.11. The first-order chi connectivity index (χ1) is 9.49. The average Bonchev–Trinajstić information content (AvgIpc) is 2.35. The number of nitrogens with zero attached hydrogens (tertiary/aromatic N) is 1. The van der Waals surface area contributed by atoms with E-state index in [0.29, 0.717) is 12.5 Å². The zero-order valence-corrected chi connectivity index (χ0v) is 11.3. The fraction of sp³-hybridized carbons (Fsp3) is 0.429. The Labute approximate surface area is 117 Å². The molecule has 108 valence electrons. The van der Waals surface area contributed by atoms with E-state index < -0.39 is 11.7 Å². The number of nitrogens with one attached hydrogen (secondary N) is 1. The van der Waals surface area contributed by atoms with Crippen LogP contribution in [-0.2, 0) is 0 Å². The van der Waals surface area contributed by atoms with Crippen LogP contribution in [0.4, 0.5) is 10.5 Å². The minimum atomic E-state index is -1.23. The fourth-order valence-electron chi connectivity index (χ4n) is 2.17. The third kappa shape index (κ3) is 3.01. The molecule has 0 saturated heterocycles. The standard InChI is InChI=1S/C14H18N2O4/c1-16(8-9-4-2-5-9)14(20)15-11-7-3-6-10(12(11)17)13(18)19/h3,6-7,9,17H,2,4-5,8H2,1H3,(H,15,20)(H,18,19). The average molecular weight is 278 g/mol. The van der Waals surface area contributed by atoms with Gasteiger partial charge in [0.15, 0.2) is 5.75 Å². The monoisotopic (exact) mass is 278 g/mol. The van der Waals surface area contributed by atoms with Gasteiger partial charge < -0.3 is 20.4 Å². The number of carbonyl (C=O) groups is 2. The molecule has 0 radical (unpaired) electrons. The first kappa shape index (κ1) is 14.2. The number of benzene rings is 1. The molecule has 3 N–H and O–H groups in total. The van der Waals surface area contributed by atoms with E-state index in [0.717, 1.165) is 12.8 Å². The largest absolute Gasteiger partial charge is 0.505 e. The Hall–Kier alpha value is -2.24. The molecule has 1 fully saturated rings. The molecular formula is C14H18N2O4. The van der Waals surface area contributed by atoms with E-state index >= 15 is 0 Å². The summed E-state index contributed by atoms with van der Waals surface area (Å²) >= 11 is 0. The fourth-order valence-corrected chi connectivity index (χ4v) is 2.17. The van der Waals surface area contributed by atoms with Crippen molar-refractivity contribution in [2.75, 3.05) is 18.9 Å². The van der Waals surface area contributed by atoms with Crippen LogP contribution in [-0.4, -0.2) is 40.7 Å². The number of aromatic carboxylic acids is 1. The third-order valence-electron chi connectivity index (χ3n) is 3.61. The second kappa shape index (κ2) is 5.81. The normalized spacial score (nSPS) is 14.4. The van der Waals surface area contributed by atoms with Crippen molar-refractivity contribution in [1.29, 1.82) is 0 Å². The van der Waals surface area contributed by atoms with E-state index in [1.54, 1.807) is 11.9 Å². The quantitative estimate of drug-likeness (QED) is 0.737. The summed E-state index contributed by atoms with van der Waals surface area (Å²) in [6.45, 7) is 0.672. The first-order valence-electron chi connectivity index (χ1n) is 6.56. The summed E-state index contributed by atoms with van der Waals surface area (Å²) in [5.74, 6) is -1.11. The van der Waals surface area contributed by atoms with Crippen LogP contribution in [0, 0.1) is 5.92 Å². The van der Waals surface area contributed by atoms with Gasteiger partial charge in [0.25, 0.3) is 0 Å². The number of anilines is 1. The van der Waals surface area contributed by atoms with Gasteiger partial charge in [0.2, 0.25) is 0 Å². The Bertz CT molecular complexity index is 526. The van der Waals surface area contributed by atoms with Crippen molar-refractivity contribution < 1.29 is 19.8 Å². The molecule has 0 aliphatic heterocycles. The minimum absolute atomic E-state index is 0.107. The maximum absolute atomic E-state index is 12.0. The lowest BCUT2D eigenvalue weighted by atomic mass is 9.85. The maximum Gasteiger partial charge on any atom is 0.339 e. The first-order valence-corrected chi connectivity index (χ1v) is 6.56. The number of para-hydroxylation sites is 1. The molecule has 1 aromatic rings. The summed E-state index contributed by atoms with van der Waals surface area (Å²) in [6.07, 6.45) is 3.48. The lowest BCUT2D eigenvalue weighted by Gasteiger charge is -2.30. The molecule has 0 atom stereocenters. The summed E-state index contributed by atoms with van der Waals surface area (Å²) in [5.41, 5.74) is -0.125. The number of rotatable bonds is 4. The Morgan fingerprint density at radius 3 is 2.65 bits per heavy atom. The minimum Gasteiger partial charge on any atom is -0.505 e. The summed E-state index contributed by atoms with van der Waals surface area (Å²) in [4.78, 5) is 24.4. The van der Waals surface area contributed by atoms with Crippen LogP contribution in [0.1, 0.15) is 29.6 Å². The molecule has 1 aliphatic rings. The molecule has 1 aliphatic carbocycles. The van der Waals surface area contributed by atoms with E-state index in [2.05, 4.69) is 5.32 Å². The molecular weight excluding hydrogens is 260 g/mol. The molecule has 6 nitrogen and oxygen atoms in total. The van der Waals surface area contributed by atoms with Crippen LogP contribution in [0.15, 0.2) is 18.2 Å². The number of hydrogen-bond acceptors (Lipinski definition) is 3. The maximum atomic E-state index is 12.0. The number of phenols is 1. The molecule has 0 aromatic heterocycles. The highest BCUT2D eigenvalue weighted by Gasteiger charge is 2.22. The smallest absolute Gasteiger partial charge is 0.339 e. The predicted octanol–water partition coefficient (Wildman–Crippen LogP) is 2.35. The lowest BCUT2D eigenvalue weighted by molar-refractivity contribution is 0.0693. The molecule has 0 bridgehead atoms. The number of amides is 2. The summed E-state index contributed by atoms with van der Waals surface area (Å²) in [5, 5.41) is 21.3. The number of carboxylic acid groups (broad SMARTS) is 1. The van der Waals surface area contributed by atoms with Gasteiger partial charge in [-0.05, 0) is 30.9 Å². The van der Waals surface area contributed by atoms with Crippen LogP contribution in [0.3, 0.4) is 0 Å². The molecule has 20 heavy (non-hydrogen) atoms. The van der Waals surface area contributed by atoms with Crippen LogP contribution in [0.5, 0.6) is 5.75 Å². The number of carbonyl (C=O) groups excluding carboxylic acids is 1. The van der Waals surface area contributed by atoms with Crippen LogP contribution in [0.2, 0.25) is 0 Å². The number of hydrogen-bond donors (Lipinski definition) is 3. The molecule has 1 aromatic carbocycles. The van der Waals surface area contributed by atoms with Gasteiger partial charge >= 0.3 is 12.0 Å². The molecule has 0 spiro atoms. The van der Waals surface area contributed by atoms with Crippen molar-refractivity contribution in [2.24, 2.45) is 5.92 Å². The highest BCUT2D eigenvalue weighted by Crippen LogP contribution is 2.29. The lowest BCUT2D eigenvalue weighted by Crippen LogP contribution is -2.37. The van der Waals surface area contributed by atoms with Gasteiger partial charge in [0.05, 0.1) is 5.69 Å². The Balaban J connectivity index is 2.03. The van der Waals surface area contributed by atoms with Gasteiger partial charge in [-0.3, -0.25) is 0 Å². The number of carboxylic acids is 1. The molecule has 2 amide bonds. The van der Waals surface area contributed by atoms with Gasteiger partial charge in [-0.2, -0.15) is 0 Å². The number of aromatic hydroxyl groups is 1. The van der Waals surface area contributed by atoms with Crippen LogP contribution in [0.25, 0.3) is 0 Å². The Kier molecular flexibility index (Phi) is 4.12. The van der Waals surface area contributed by atoms with E-state index in [4.69, 9.17) is 5.11 Å². The van der Waals surface area contributed by atoms with Gasteiger partial charge in [-0.15, -0.1) is 0 Å². The summed E-state index contributed by atoms with van der Waals surface area (Å²) in [6, 6.07) is 3.88. The highest BCUT2D eigenvalue weighted by molar-refractivity contribution is 5.97. The van der Waals surface area contributed by atoms with Crippen LogP contribution < -0.4 is 5.32 Å². The van der Waals surface area contributed by atoms with Gasteiger partial charge in [-0.25, -0.2) is 9.59 Å². The second-order valence-corrected chi connectivity index (χ2v) is 5.11. The molecule has 6 heteroatoms. The van der Waals surface area contributed by atoms with Crippen molar-refractivity contribution in [3.8, 4) is 5.75 Å². The van der Waals surface area contributed by atoms with Gasteiger partial charge in [0, 0.05) is 13.6 Å². The van der Waals surface area contributed by atoms with Gasteiger partial charge in [-0.1, -0.05) is 12.5 Å². The van der Waals surface area contributed by atoms with Crippen molar-refractivity contribution in [3.05, 3.63) is 23.8 Å². The zero-order chi connectivity index (χ0) is 14.7. The van der Waals surface area contributed by atoms with Crippen molar-refractivity contribution >= 4 is 17.7 Å². The topological polar surface area (TPSA) is 89.9 Å². The van der Waals surface area contributed by atoms with Crippen molar-refractivity contribution in [1.82, 2.24) is 4.90 Å². The van der Waals surface area contributed by atoms with Crippen molar-refractivity contribution in [3.63, 3.8) is 0 Å². The van der Waals surface area contributed by atoms with E-state index in [1.165, 1.54) is 24.6 Å². The van der Waals surface area contributed by atoms with Crippen LogP contribution >= 0.6 is 0 Å². The van der Waals surface area contributed by atoms with E-state index in [1.807, 2.05) is 0 Å². The molecule has 1 saturated carbocycles. The zero-order valence-electron chi connectivity index (χ0n) is 11.3. The van der Waals surface area contributed by atoms with E-state index in [-0.39, 0.29) is 17.3 Å². The summed E-state index contributed by atoms with van der Waals surface area (Å²) < 4.78 is 0. The highest BCUT2D eigenvalue weighted by atomic mass is 16.4.